The van der Waals surface area contributed by atoms with Crippen molar-refractivity contribution in [3.8, 4) is 0 Å². The molecule has 0 aliphatic carbocycles. The van der Waals surface area contributed by atoms with Gasteiger partial charge in [-0.05, 0) is 19.3 Å². The minimum Gasteiger partial charge on any atom is -0.387 e. The molecule has 0 aliphatic rings. The number of hydrogen-bond acceptors (Lipinski definition) is 4. The monoisotopic (exact) mass is 230 g/mol. The molecule has 4 N–H and O–H groups in total. The Bertz CT molecular complexity index is 229. The maximum Gasteiger partial charge on any atom is 0.245 e. The topological polar surface area (TPSA) is 92.4 Å². The molecule has 5 heteroatoms. The SMILES string of the molecule is CC(C)C(=O)[C@@H](N)CCCCNC(=O)CO. The second-order valence-corrected chi connectivity index (χ2v) is 4.17. The van der Waals surface area contributed by atoms with Crippen LogP contribution < -0.4 is 11.1 Å². The third kappa shape index (κ3) is 6.53. The van der Waals surface area contributed by atoms with E-state index in [1.165, 1.54) is 0 Å². The van der Waals surface area contributed by atoms with E-state index in [0.717, 1.165) is 12.8 Å². The zero-order chi connectivity index (χ0) is 12.6. The lowest BCUT2D eigenvalue weighted by Gasteiger charge is -2.12. The molecule has 0 bridgehead atoms. The minimum atomic E-state index is -0.481. The Balaban J connectivity index is 3.52. The van der Waals surface area contributed by atoms with Gasteiger partial charge in [-0.2, -0.15) is 0 Å². The molecule has 0 saturated heterocycles. The summed E-state index contributed by atoms with van der Waals surface area (Å²) < 4.78 is 0. The van der Waals surface area contributed by atoms with E-state index in [0.29, 0.717) is 13.0 Å². The van der Waals surface area contributed by atoms with Crippen LogP contribution in [0.1, 0.15) is 33.1 Å². The number of nitrogens with one attached hydrogen (secondary N) is 1. The molecule has 0 spiro atoms. The second-order valence-electron chi connectivity index (χ2n) is 4.17. The Morgan fingerprint density at radius 2 is 1.94 bits per heavy atom. The summed E-state index contributed by atoms with van der Waals surface area (Å²) in [5.41, 5.74) is 5.71. The molecule has 94 valence electrons. The number of ketones is 1. The molecule has 0 heterocycles. The first kappa shape index (κ1) is 15.1. The zero-order valence-electron chi connectivity index (χ0n) is 10.0. The van der Waals surface area contributed by atoms with E-state index in [-0.39, 0.29) is 17.6 Å². The van der Waals surface area contributed by atoms with E-state index in [1.807, 2.05) is 13.8 Å². The molecular weight excluding hydrogens is 208 g/mol. The molecule has 1 amide bonds. The number of Topliss-reactive ketones (excluding diaryl/α,β-unsaturated/α-hetero) is 1. The highest BCUT2D eigenvalue weighted by Gasteiger charge is 2.15. The van der Waals surface area contributed by atoms with Crippen LogP contribution in [0, 0.1) is 5.92 Å². The summed E-state index contributed by atoms with van der Waals surface area (Å²) in [5, 5.41) is 11.0. The van der Waals surface area contributed by atoms with Crippen LogP contribution >= 0.6 is 0 Å². The fourth-order valence-electron chi connectivity index (χ4n) is 1.34. The van der Waals surface area contributed by atoms with E-state index in [2.05, 4.69) is 5.32 Å². The predicted octanol–water partition coefficient (Wildman–Crippen LogP) is -0.182. The largest absolute Gasteiger partial charge is 0.387 e. The van der Waals surface area contributed by atoms with Crippen LogP contribution in [0.25, 0.3) is 0 Å². The minimum absolute atomic E-state index is 0.0240. The number of unbranched alkanes of at least 4 members (excludes halogenated alkanes) is 1. The third-order valence-corrected chi connectivity index (χ3v) is 2.34. The van der Waals surface area contributed by atoms with Gasteiger partial charge in [0.15, 0.2) is 5.78 Å². The van der Waals surface area contributed by atoms with Gasteiger partial charge in [0, 0.05) is 12.5 Å². The Hall–Kier alpha value is -0.940. The number of carbonyl (C=O) groups excluding carboxylic acids is 2. The lowest BCUT2D eigenvalue weighted by molar-refractivity contribution is -0.124. The van der Waals surface area contributed by atoms with Gasteiger partial charge < -0.3 is 16.2 Å². The number of carbonyl (C=O) groups is 2. The molecule has 0 saturated carbocycles. The number of nitrogens with two attached hydrogens (primary N) is 1. The van der Waals surface area contributed by atoms with Crippen LogP contribution in [0.15, 0.2) is 0 Å². The second kappa shape index (κ2) is 8.24. The first-order chi connectivity index (χ1) is 7.49. The molecule has 0 unspecified atom stereocenters. The molecular formula is C11H22N2O3. The highest BCUT2D eigenvalue weighted by atomic mass is 16.3. The summed E-state index contributed by atoms with van der Waals surface area (Å²) in [4.78, 5) is 22.1. The fraction of sp³-hybridized carbons (Fsp3) is 0.818. The van der Waals surface area contributed by atoms with Gasteiger partial charge in [0.05, 0.1) is 6.04 Å². The van der Waals surface area contributed by atoms with Gasteiger partial charge in [-0.15, -0.1) is 0 Å². The van der Waals surface area contributed by atoms with Crippen molar-refractivity contribution < 1.29 is 14.7 Å². The van der Waals surface area contributed by atoms with Crippen LogP contribution in [-0.4, -0.2) is 36.0 Å². The highest BCUT2D eigenvalue weighted by molar-refractivity contribution is 5.85. The highest BCUT2D eigenvalue weighted by Crippen LogP contribution is 2.05. The molecule has 0 aliphatic heterocycles. The van der Waals surface area contributed by atoms with Crippen LogP contribution in [0.2, 0.25) is 0 Å². The van der Waals surface area contributed by atoms with Gasteiger partial charge in [-0.25, -0.2) is 0 Å². The van der Waals surface area contributed by atoms with Crippen LogP contribution in [0.5, 0.6) is 0 Å². The summed E-state index contributed by atoms with van der Waals surface area (Å²) in [7, 11) is 0. The predicted molar refractivity (Wildman–Crippen MR) is 61.8 cm³/mol. The number of amides is 1. The summed E-state index contributed by atoms with van der Waals surface area (Å²) in [5.74, 6) is -0.314. The van der Waals surface area contributed by atoms with Crippen LogP contribution in [0.4, 0.5) is 0 Å². The molecule has 0 aromatic rings. The third-order valence-electron chi connectivity index (χ3n) is 2.34. The van der Waals surface area contributed by atoms with Crippen molar-refractivity contribution in [1.82, 2.24) is 5.32 Å². The maximum atomic E-state index is 11.4. The number of rotatable bonds is 8. The first-order valence-corrected chi connectivity index (χ1v) is 5.66. The number of aliphatic hydroxyl groups excluding tert-OH is 1. The van der Waals surface area contributed by atoms with Crippen LogP contribution in [0.3, 0.4) is 0 Å². The van der Waals surface area contributed by atoms with Gasteiger partial charge in [0.2, 0.25) is 5.91 Å². The first-order valence-electron chi connectivity index (χ1n) is 5.66. The van der Waals surface area contributed by atoms with E-state index in [9.17, 15) is 9.59 Å². The Kier molecular flexibility index (Phi) is 7.76. The molecule has 0 radical (unpaired) electrons. The van der Waals surface area contributed by atoms with Gasteiger partial charge in [0.25, 0.3) is 0 Å². The molecule has 0 aromatic heterocycles. The summed E-state index contributed by atoms with van der Waals surface area (Å²) in [6.45, 7) is 3.71. The van der Waals surface area contributed by atoms with Crippen molar-refractivity contribution in [1.29, 1.82) is 0 Å². The van der Waals surface area contributed by atoms with Gasteiger partial charge in [-0.1, -0.05) is 13.8 Å². The average molecular weight is 230 g/mol. The molecule has 1 atom stereocenters. The normalized spacial score (nSPS) is 12.6. The zero-order valence-corrected chi connectivity index (χ0v) is 10.0. The maximum absolute atomic E-state index is 11.4. The fourth-order valence-corrected chi connectivity index (χ4v) is 1.34. The van der Waals surface area contributed by atoms with Crippen molar-refractivity contribution in [2.75, 3.05) is 13.2 Å². The Labute approximate surface area is 96.4 Å². The Morgan fingerprint density at radius 3 is 2.44 bits per heavy atom. The van der Waals surface area contributed by atoms with Crippen molar-refractivity contribution >= 4 is 11.7 Å². The summed E-state index contributed by atoms with van der Waals surface area (Å²) in [6.07, 6.45) is 2.21. The van der Waals surface area contributed by atoms with Crippen molar-refractivity contribution in [3.63, 3.8) is 0 Å². The number of aliphatic hydroxyl groups is 1. The Morgan fingerprint density at radius 1 is 1.31 bits per heavy atom. The lowest BCUT2D eigenvalue weighted by Crippen LogP contribution is -2.34. The molecule has 16 heavy (non-hydrogen) atoms. The van der Waals surface area contributed by atoms with E-state index in [4.69, 9.17) is 10.8 Å². The van der Waals surface area contributed by atoms with Crippen molar-refractivity contribution in [2.24, 2.45) is 11.7 Å². The van der Waals surface area contributed by atoms with Gasteiger partial charge >= 0.3 is 0 Å². The lowest BCUT2D eigenvalue weighted by atomic mass is 9.98. The average Bonchev–Trinajstić information content (AvgIpc) is 2.26. The standard InChI is InChI=1S/C11H22N2O3/c1-8(2)11(16)9(12)5-3-4-6-13-10(15)7-14/h8-9,14H,3-7,12H2,1-2H3,(H,13,15)/t9-/m0/s1. The van der Waals surface area contributed by atoms with Gasteiger partial charge in [-0.3, -0.25) is 9.59 Å². The molecule has 0 aromatic carbocycles. The summed E-state index contributed by atoms with van der Waals surface area (Å²) >= 11 is 0. The van der Waals surface area contributed by atoms with E-state index in [1.54, 1.807) is 0 Å². The quantitative estimate of drug-likeness (QED) is 0.504. The van der Waals surface area contributed by atoms with E-state index < -0.39 is 12.6 Å². The van der Waals surface area contributed by atoms with Crippen molar-refractivity contribution in [2.45, 2.75) is 39.2 Å². The van der Waals surface area contributed by atoms with Gasteiger partial charge in [0.1, 0.15) is 6.61 Å². The van der Waals surface area contributed by atoms with Crippen molar-refractivity contribution in [3.05, 3.63) is 0 Å². The smallest absolute Gasteiger partial charge is 0.245 e. The number of hydrogen-bond donors (Lipinski definition) is 3. The molecule has 0 rings (SSSR count). The molecule has 0 fully saturated rings. The summed E-state index contributed by atoms with van der Waals surface area (Å²) in [6, 6.07) is -0.395. The van der Waals surface area contributed by atoms with Crippen LogP contribution in [-0.2, 0) is 9.59 Å². The van der Waals surface area contributed by atoms with E-state index >= 15 is 0 Å². The molecule has 5 nitrogen and oxygen atoms in total.